The Hall–Kier alpha value is 0. The van der Waals surface area contributed by atoms with E-state index in [-0.39, 0.29) is 0 Å². The monoisotopic (exact) mass is 416 g/mol. The maximum absolute atomic E-state index is 2.74. The minimum atomic E-state index is 0.573. The first-order valence-corrected chi connectivity index (χ1v) is 14.0. The van der Waals surface area contributed by atoms with Gasteiger partial charge in [0.25, 0.3) is 0 Å². The van der Waals surface area contributed by atoms with Crippen molar-refractivity contribution in [3.63, 3.8) is 0 Å². The SMILES string of the molecule is CC(C)CCC[C@@H](C)CCC[C@H](C)[C@@H]1CC[C@H]2[C@@]1(C)CC[C@H]1C(C)(C)CCC[C@]21C. The Morgan fingerprint density at radius 3 is 2.00 bits per heavy atom. The van der Waals surface area contributed by atoms with Gasteiger partial charge in [0, 0.05) is 0 Å². The van der Waals surface area contributed by atoms with Crippen LogP contribution in [0.3, 0.4) is 0 Å². The van der Waals surface area contributed by atoms with Crippen molar-refractivity contribution in [1.82, 2.24) is 0 Å². The van der Waals surface area contributed by atoms with Gasteiger partial charge >= 0.3 is 0 Å². The zero-order valence-electron chi connectivity index (χ0n) is 22.2. The molecule has 3 aliphatic carbocycles. The van der Waals surface area contributed by atoms with E-state index in [0.29, 0.717) is 16.2 Å². The summed E-state index contributed by atoms with van der Waals surface area (Å²) in [7, 11) is 0. The van der Waals surface area contributed by atoms with Crippen LogP contribution in [-0.2, 0) is 0 Å². The van der Waals surface area contributed by atoms with Gasteiger partial charge in [0.05, 0.1) is 0 Å². The second kappa shape index (κ2) is 9.47. The lowest BCUT2D eigenvalue weighted by molar-refractivity contribution is -0.130. The molecule has 30 heavy (non-hydrogen) atoms. The smallest absolute Gasteiger partial charge is 0.0259 e. The molecule has 0 N–H and O–H groups in total. The van der Waals surface area contributed by atoms with Crippen LogP contribution in [0.2, 0.25) is 0 Å². The van der Waals surface area contributed by atoms with Gasteiger partial charge in [0.1, 0.15) is 0 Å². The van der Waals surface area contributed by atoms with Crippen LogP contribution in [0.5, 0.6) is 0 Å². The maximum Gasteiger partial charge on any atom is -0.0259 e. The van der Waals surface area contributed by atoms with Crippen LogP contribution in [-0.4, -0.2) is 0 Å². The van der Waals surface area contributed by atoms with E-state index in [9.17, 15) is 0 Å². The van der Waals surface area contributed by atoms with Gasteiger partial charge in [0.2, 0.25) is 0 Å². The molecule has 3 rings (SSSR count). The third kappa shape index (κ3) is 4.83. The summed E-state index contributed by atoms with van der Waals surface area (Å²) in [5.41, 5.74) is 1.82. The second-order valence-corrected chi connectivity index (χ2v) is 14.0. The highest BCUT2D eigenvalue weighted by Gasteiger charge is 2.62. The lowest BCUT2D eigenvalue weighted by atomic mass is 9.43. The lowest BCUT2D eigenvalue weighted by Crippen LogP contribution is -2.54. The van der Waals surface area contributed by atoms with E-state index >= 15 is 0 Å². The van der Waals surface area contributed by atoms with Gasteiger partial charge in [-0.3, -0.25) is 0 Å². The van der Waals surface area contributed by atoms with E-state index in [2.05, 4.69) is 55.4 Å². The molecule has 3 fully saturated rings. The van der Waals surface area contributed by atoms with Crippen molar-refractivity contribution in [2.75, 3.05) is 0 Å². The van der Waals surface area contributed by atoms with Crippen LogP contribution >= 0.6 is 0 Å². The van der Waals surface area contributed by atoms with Crippen molar-refractivity contribution >= 4 is 0 Å². The fourth-order valence-corrected chi connectivity index (χ4v) is 9.41. The normalized spacial score (nSPS) is 40.1. The topological polar surface area (TPSA) is 0 Å². The van der Waals surface area contributed by atoms with E-state index in [0.717, 1.165) is 35.5 Å². The summed E-state index contributed by atoms with van der Waals surface area (Å²) < 4.78 is 0. The molecule has 0 aromatic rings. The number of rotatable bonds is 9. The van der Waals surface area contributed by atoms with Crippen molar-refractivity contribution in [3.05, 3.63) is 0 Å². The molecule has 0 saturated heterocycles. The molecule has 0 heterocycles. The predicted octanol–water partition coefficient (Wildman–Crippen LogP) is 9.91. The number of hydrogen-bond donors (Lipinski definition) is 0. The second-order valence-electron chi connectivity index (χ2n) is 14.0. The van der Waals surface area contributed by atoms with Gasteiger partial charge in [-0.2, -0.15) is 0 Å². The zero-order valence-corrected chi connectivity index (χ0v) is 22.2. The van der Waals surface area contributed by atoms with Crippen LogP contribution in [0.1, 0.15) is 139 Å². The fourth-order valence-electron chi connectivity index (χ4n) is 9.41. The van der Waals surface area contributed by atoms with E-state index < -0.39 is 0 Å². The summed E-state index contributed by atoms with van der Waals surface area (Å²) in [6.45, 7) is 20.5. The van der Waals surface area contributed by atoms with Crippen LogP contribution in [0.4, 0.5) is 0 Å². The molecule has 0 radical (unpaired) electrons. The highest BCUT2D eigenvalue weighted by Crippen LogP contribution is 2.70. The van der Waals surface area contributed by atoms with Gasteiger partial charge in [-0.1, -0.05) is 100 Å². The summed E-state index contributed by atoms with van der Waals surface area (Å²) in [5.74, 6) is 5.69. The van der Waals surface area contributed by atoms with E-state index in [4.69, 9.17) is 0 Å². The molecule has 3 saturated carbocycles. The van der Waals surface area contributed by atoms with Crippen LogP contribution in [0.15, 0.2) is 0 Å². The summed E-state index contributed by atoms with van der Waals surface area (Å²) in [6.07, 6.45) is 19.2. The van der Waals surface area contributed by atoms with E-state index in [1.54, 1.807) is 0 Å². The molecule has 0 heteroatoms. The molecule has 0 aromatic heterocycles. The fraction of sp³-hybridized carbons (Fsp3) is 1.00. The molecule has 0 bridgehead atoms. The van der Waals surface area contributed by atoms with Crippen molar-refractivity contribution in [1.29, 1.82) is 0 Å². The third-order valence-corrected chi connectivity index (χ3v) is 11.0. The van der Waals surface area contributed by atoms with Crippen molar-refractivity contribution in [2.45, 2.75) is 139 Å². The Balaban J connectivity index is 1.55. The zero-order chi connectivity index (χ0) is 22.2. The van der Waals surface area contributed by atoms with E-state index in [1.807, 2.05) is 0 Å². The average Bonchev–Trinajstić information content (AvgIpc) is 2.99. The minimum absolute atomic E-state index is 0.573. The predicted molar refractivity (Wildman–Crippen MR) is 134 cm³/mol. The van der Waals surface area contributed by atoms with Gasteiger partial charge < -0.3 is 0 Å². The molecular weight excluding hydrogens is 360 g/mol. The maximum atomic E-state index is 2.74. The van der Waals surface area contributed by atoms with Crippen molar-refractivity contribution < 1.29 is 0 Å². The third-order valence-electron chi connectivity index (χ3n) is 11.0. The summed E-state index contributed by atoms with van der Waals surface area (Å²) >= 11 is 0. The minimum Gasteiger partial charge on any atom is -0.0628 e. The van der Waals surface area contributed by atoms with E-state index in [1.165, 1.54) is 83.5 Å². The molecule has 0 nitrogen and oxygen atoms in total. The molecule has 0 unspecified atom stereocenters. The van der Waals surface area contributed by atoms with Crippen LogP contribution in [0, 0.1) is 51.8 Å². The summed E-state index contributed by atoms with van der Waals surface area (Å²) in [5, 5.41) is 0. The Morgan fingerprint density at radius 1 is 0.667 bits per heavy atom. The molecule has 7 atom stereocenters. The Morgan fingerprint density at radius 2 is 1.33 bits per heavy atom. The molecule has 0 aliphatic heterocycles. The number of fused-ring (bicyclic) bond motifs is 3. The van der Waals surface area contributed by atoms with Gasteiger partial charge in [-0.25, -0.2) is 0 Å². The van der Waals surface area contributed by atoms with Crippen molar-refractivity contribution in [2.24, 2.45) is 51.8 Å². The molecule has 0 spiro atoms. The first-order chi connectivity index (χ1) is 14.0. The largest absolute Gasteiger partial charge is 0.0628 e. The molecule has 176 valence electrons. The van der Waals surface area contributed by atoms with Gasteiger partial charge in [0.15, 0.2) is 0 Å². The lowest BCUT2D eigenvalue weighted by Gasteiger charge is -2.62. The molecular formula is C30H56. The molecule has 3 aliphatic rings. The number of hydrogen-bond acceptors (Lipinski definition) is 0. The average molecular weight is 417 g/mol. The van der Waals surface area contributed by atoms with Crippen LogP contribution < -0.4 is 0 Å². The first-order valence-electron chi connectivity index (χ1n) is 14.0. The van der Waals surface area contributed by atoms with Gasteiger partial charge in [-0.15, -0.1) is 0 Å². The Kier molecular flexibility index (Phi) is 7.78. The standard InChI is InChI=1S/C30H56/c1-22(2)12-9-13-23(3)14-10-15-24(4)25-16-17-27-29(25,7)21-18-26-28(5,6)19-11-20-30(26,27)8/h22-27H,9-21H2,1-8H3/t23-,24+,25+,26+,27+,29+,30+/m1/s1. The van der Waals surface area contributed by atoms with Gasteiger partial charge in [-0.05, 0) is 90.3 Å². The highest BCUT2D eigenvalue weighted by molar-refractivity contribution is 5.11. The summed E-state index contributed by atoms with van der Waals surface area (Å²) in [6, 6.07) is 0. The first kappa shape index (κ1) is 24.6. The van der Waals surface area contributed by atoms with Crippen molar-refractivity contribution in [3.8, 4) is 0 Å². The molecule has 0 amide bonds. The molecule has 0 aromatic carbocycles. The van der Waals surface area contributed by atoms with Crippen LogP contribution in [0.25, 0.3) is 0 Å². The Bertz CT molecular complexity index is 544. The quantitative estimate of drug-likeness (QED) is 0.350. The Labute approximate surface area is 190 Å². The highest BCUT2D eigenvalue weighted by atomic mass is 14.7. The summed E-state index contributed by atoms with van der Waals surface area (Å²) in [4.78, 5) is 0.